The second-order valence-corrected chi connectivity index (χ2v) is 8.45. The van der Waals surface area contributed by atoms with Crippen LogP contribution in [-0.4, -0.2) is 17.7 Å². The molecule has 0 aromatic heterocycles. The zero-order valence-corrected chi connectivity index (χ0v) is 19.5. The number of carbonyl (C=O) groups is 1. The van der Waals surface area contributed by atoms with Gasteiger partial charge in [-0.15, -0.1) is 5.92 Å². The van der Waals surface area contributed by atoms with E-state index in [9.17, 15) is 4.79 Å². The molecule has 2 atom stereocenters. The molecule has 2 fully saturated rings. The van der Waals surface area contributed by atoms with Gasteiger partial charge in [-0.2, -0.15) is 0 Å². The number of carboxylic acids is 1. The first-order valence-corrected chi connectivity index (χ1v) is 10.5. The van der Waals surface area contributed by atoms with Crippen LogP contribution >= 0.6 is 0 Å². The summed E-state index contributed by atoms with van der Waals surface area (Å²) < 4.78 is 6.10. The minimum atomic E-state index is -0.822. The van der Waals surface area contributed by atoms with Crippen LogP contribution in [0.15, 0.2) is 24.3 Å². The van der Waals surface area contributed by atoms with Crippen molar-refractivity contribution in [3.05, 3.63) is 29.8 Å². The minimum Gasteiger partial charge on any atom is -1.00 e. The normalized spacial score (nSPS) is 21.7. The van der Waals surface area contributed by atoms with Crippen LogP contribution in [0.4, 0.5) is 0 Å². The van der Waals surface area contributed by atoms with Crippen LogP contribution in [0.5, 0.6) is 5.75 Å². The molecule has 1 aromatic rings. The van der Waals surface area contributed by atoms with E-state index in [0.717, 1.165) is 17.9 Å². The first kappa shape index (κ1) is 23.3. The van der Waals surface area contributed by atoms with Gasteiger partial charge in [0.15, 0.2) is 0 Å². The van der Waals surface area contributed by atoms with Crippen molar-refractivity contribution in [3.63, 3.8) is 0 Å². The van der Waals surface area contributed by atoms with Crippen LogP contribution in [0.25, 0.3) is 0 Å². The zero-order valence-electron chi connectivity index (χ0n) is 18.5. The van der Waals surface area contributed by atoms with Crippen LogP contribution in [0.2, 0.25) is 0 Å². The molecular weight excluding hydrogens is 359 g/mol. The molecular formula is C24H33NaO3. The molecule has 4 heteroatoms. The Kier molecular flexibility index (Phi) is 9.41. The van der Waals surface area contributed by atoms with E-state index in [4.69, 9.17) is 9.84 Å². The molecule has 1 N–H and O–H groups in total. The van der Waals surface area contributed by atoms with Crippen molar-refractivity contribution < 1.29 is 45.6 Å². The fourth-order valence-electron chi connectivity index (χ4n) is 5.09. The van der Waals surface area contributed by atoms with E-state index in [1.54, 1.807) is 6.92 Å². The average molecular weight is 393 g/mol. The molecule has 1 spiro atoms. The van der Waals surface area contributed by atoms with Gasteiger partial charge in [0.05, 0.1) is 18.9 Å². The summed E-state index contributed by atoms with van der Waals surface area (Å²) in [5, 5.41) is 9.07. The van der Waals surface area contributed by atoms with Crippen molar-refractivity contribution in [2.45, 2.75) is 77.0 Å². The van der Waals surface area contributed by atoms with Crippen molar-refractivity contribution in [2.75, 3.05) is 6.61 Å². The van der Waals surface area contributed by atoms with Gasteiger partial charge in [0.1, 0.15) is 5.75 Å². The monoisotopic (exact) mass is 392 g/mol. The summed E-state index contributed by atoms with van der Waals surface area (Å²) in [5.41, 5.74) is 1.55. The molecule has 0 bridgehead atoms. The van der Waals surface area contributed by atoms with E-state index in [-0.39, 0.29) is 43.3 Å². The number of hydrogen-bond donors (Lipinski definition) is 1. The number of ether oxygens (including phenoxy) is 1. The van der Waals surface area contributed by atoms with E-state index in [0.29, 0.717) is 11.3 Å². The third-order valence-corrected chi connectivity index (χ3v) is 6.42. The van der Waals surface area contributed by atoms with E-state index >= 15 is 0 Å². The largest absolute Gasteiger partial charge is 1.00 e. The molecule has 28 heavy (non-hydrogen) atoms. The Morgan fingerprint density at radius 3 is 2.54 bits per heavy atom. The predicted octanol–water partition coefficient (Wildman–Crippen LogP) is 2.90. The van der Waals surface area contributed by atoms with Gasteiger partial charge in [-0.25, -0.2) is 0 Å². The summed E-state index contributed by atoms with van der Waals surface area (Å²) in [6.45, 7) is 2.55. The maximum absolute atomic E-state index is 11.0. The van der Waals surface area contributed by atoms with Crippen molar-refractivity contribution in [2.24, 2.45) is 11.3 Å². The second kappa shape index (κ2) is 11.3. The maximum Gasteiger partial charge on any atom is 1.00 e. The van der Waals surface area contributed by atoms with Gasteiger partial charge in [-0.3, -0.25) is 4.79 Å². The summed E-state index contributed by atoms with van der Waals surface area (Å²) in [6, 6.07) is 7.83. The van der Waals surface area contributed by atoms with Crippen LogP contribution in [-0.2, 0) is 4.79 Å². The molecule has 0 aliphatic heterocycles. The Morgan fingerprint density at radius 2 is 1.89 bits per heavy atom. The number of aliphatic carboxylic acids is 1. The van der Waals surface area contributed by atoms with Gasteiger partial charge in [-0.1, -0.05) is 43.7 Å². The molecule has 3 rings (SSSR count). The van der Waals surface area contributed by atoms with Gasteiger partial charge in [-0.05, 0) is 68.1 Å². The van der Waals surface area contributed by atoms with Crippen molar-refractivity contribution >= 4 is 5.97 Å². The average Bonchev–Trinajstić information content (AvgIpc) is 2.67. The summed E-state index contributed by atoms with van der Waals surface area (Å²) in [6.07, 6.45) is 12.5. The molecule has 1 unspecified atom stereocenters. The Balaban J connectivity index is 0.00000210. The summed E-state index contributed by atoms with van der Waals surface area (Å²) >= 11 is 0. The quantitative estimate of drug-likeness (QED) is 0.598. The van der Waals surface area contributed by atoms with Gasteiger partial charge < -0.3 is 11.3 Å². The molecule has 3 nitrogen and oxygen atoms in total. The van der Waals surface area contributed by atoms with Crippen molar-refractivity contribution in [1.82, 2.24) is 0 Å². The third kappa shape index (κ3) is 6.55. The second-order valence-electron chi connectivity index (χ2n) is 8.45. The summed E-state index contributed by atoms with van der Waals surface area (Å²) in [4.78, 5) is 11.0. The van der Waals surface area contributed by atoms with Crippen LogP contribution in [0, 0.1) is 23.2 Å². The first-order chi connectivity index (χ1) is 13.1. The molecule has 0 amide bonds. The molecule has 1 aromatic carbocycles. The number of hydrogen-bond acceptors (Lipinski definition) is 2. The molecule has 2 aliphatic carbocycles. The van der Waals surface area contributed by atoms with Crippen LogP contribution in [0.1, 0.15) is 84.0 Å². The van der Waals surface area contributed by atoms with Gasteiger partial charge in [0.2, 0.25) is 0 Å². The summed E-state index contributed by atoms with van der Waals surface area (Å²) in [7, 11) is 0. The molecule has 0 radical (unpaired) electrons. The minimum absolute atomic E-state index is 0. The number of rotatable bonds is 6. The van der Waals surface area contributed by atoms with E-state index in [2.05, 4.69) is 11.8 Å². The first-order valence-electron chi connectivity index (χ1n) is 10.5. The third-order valence-electron chi connectivity index (χ3n) is 6.42. The Morgan fingerprint density at radius 1 is 1.21 bits per heavy atom. The predicted molar refractivity (Wildman–Crippen MR) is 109 cm³/mol. The fraction of sp³-hybridized carbons (Fsp3) is 0.625. The fourth-order valence-corrected chi connectivity index (χ4v) is 5.09. The summed E-state index contributed by atoms with van der Waals surface area (Å²) in [5.74, 6) is 6.30. The SMILES string of the molecule is CC#C[C@@H](CC(=O)O)c1ccc(OCC2CCCC3(CCCCC3)C2)cc1.[H-].[Na+]. The molecule has 0 saturated heterocycles. The Hall–Kier alpha value is -0.950. The van der Waals surface area contributed by atoms with Crippen LogP contribution in [0.3, 0.4) is 0 Å². The van der Waals surface area contributed by atoms with E-state index in [1.165, 1.54) is 57.8 Å². The topological polar surface area (TPSA) is 46.5 Å². The standard InChI is InChI=1S/C24H32O3.Na.H/c1-2-7-21(16-23(25)26)20-9-11-22(12-10-20)27-18-19-8-6-15-24(17-19)13-4-3-5-14-24;;/h9-12,19,21H,3-6,8,13-18H2,1H3,(H,25,26);;/q;+1;-1/t19?,21-;;/m0../s1. The van der Waals surface area contributed by atoms with E-state index in [1.807, 2.05) is 24.3 Å². The number of benzene rings is 1. The molecule has 0 heterocycles. The van der Waals surface area contributed by atoms with Gasteiger partial charge in [0, 0.05) is 0 Å². The molecule has 2 saturated carbocycles. The smallest absolute Gasteiger partial charge is 1.00 e. The van der Waals surface area contributed by atoms with E-state index < -0.39 is 5.97 Å². The van der Waals surface area contributed by atoms with Crippen molar-refractivity contribution in [3.8, 4) is 17.6 Å². The Bertz CT molecular complexity index is 681. The Labute approximate surface area is 193 Å². The zero-order chi connectivity index (χ0) is 19.1. The molecule has 2 aliphatic rings. The van der Waals surface area contributed by atoms with Crippen molar-refractivity contribution in [1.29, 1.82) is 0 Å². The van der Waals surface area contributed by atoms with Crippen LogP contribution < -0.4 is 34.3 Å². The molecule has 148 valence electrons. The van der Waals surface area contributed by atoms with Gasteiger partial charge >= 0.3 is 35.5 Å². The number of carboxylic acid groups (broad SMARTS) is 1. The van der Waals surface area contributed by atoms with Gasteiger partial charge in [0.25, 0.3) is 0 Å². The maximum atomic E-state index is 11.0.